The van der Waals surface area contributed by atoms with Crippen LogP contribution in [0, 0.1) is 0 Å². The molecule has 0 fully saturated rings. The molecule has 3 aromatic rings. The molecule has 0 aliphatic heterocycles. The van der Waals surface area contributed by atoms with Crippen LogP contribution < -0.4 is 0 Å². The molecule has 0 radical (unpaired) electrons. The highest BCUT2D eigenvalue weighted by Crippen LogP contribution is 2.18. The first kappa shape index (κ1) is 11.5. The van der Waals surface area contributed by atoms with Crippen molar-refractivity contribution in [3.63, 3.8) is 0 Å². The number of hydrogen-bond donors (Lipinski definition) is 1. The summed E-state index contributed by atoms with van der Waals surface area (Å²) in [6.07, 6.45) is 7.41. The van der Waals surface area contributed by atoms with E-state index in [2.05, 4.69) is 9.55 Å². The summed E-state index contributed by atoms with van der Waals surface area (Å²) in [7, 11) is 0. The highest BCUT2D eigenvalue weighted by molar-refractivity contribution is 5.93. The van der Waals surface area contributed by atoms with Crippen LogP contribution in [-0.2, 0) is 13.1 Å². The first-order valence-electron chi connectivity index (χ1n) is 6.02. The van der Waals surface area contributed by atoms with Crippen molar-refractivity contribution in [3.8, 4) is 0 Å². The van der Waals surface area contributed by atoms with Crippen LogP contribution in [0.3, 0.4) is 0 Å². The standard InChI is InChI=1S/C14H13N3O2/c18-14(19)12-2-1-11-3-5-17(13(11)9-12)8-7-16-6-4-15-10-16/h1-6,9-10H,7-8H2,(H,18,19). The van der Waals surface area contributed by atoms with E-state index in [1.165, 1.54) is 0 Å². The van der Waals surface area contributed by atoms with Gasteiger partial charge in [-0.2, -0.15) is 0 Å². The maximum absolute atomic E-state index is 11.0. The van der Waals surface area contributed by atoms with E-state index in [9.17, 15) is 4.79 Å². The Bertz CT molecular complexity index is 713. The van der Waals surface area contributed by atoms with Crippen molar-refractivity contribution >= 4 is 16.9 Å². The van der Waals surface area contributed by atoms with Crippen molar-refractivity contribution in [2.24, 2.45) is 0 Å². The monoisotopic (exact) mass is 255 g/mol. The van der Waals surface area contributed by atoms with Crippen LogP contribution in [0.2, 0.25) is 0 Å². The van der Waals surface area contributed by atoms with E-state index in [0.717, 1.165) is 24.0 Å². The molecule has 5 heteroatoms. The third-order valence-electron chi connectivity index (χ3n) is 3.18. The van der Waals surface area contributed by atoms with Crippen LogP contribution in [0.25, 0.3) is 10.9 Å². The molecule has 19 heavy (non-hydrogen) atoms. The van der Waals surface area contributed by atoms with Gasteiger partial charge in [-0.05, 0) is 23.6 Å². The van der Waals surface area contributed by atoms with Gasteiger partial charge >= 0.3 is 5.97 Å². The van der Waals surface area contributed by atoms with Gasteiger partial charge in [0.2, 0.25) is 0 Å². The molecule has 0 aliphatic rings. The zero-order valence-electron chi connectivity index (χ0n) is 10.2. The lowest BCUT2D eigenvalue weighted by atomic mass is 10.2. The topological polar surface area (TPSA) is 60.0 Å². The van der Waals surface area contributed by atoms with Gasteiger partial charge in [0.1, 0.15) is 0 Å². The third kappa shape index (κ3) is 2.22. The van der Waals surface area contributed by atoms with E-state index in [1.54, 1.807) is 24.7 Å². The molecular formula is C14H13N3O2. The number of carbonyl (C=O) groups is 1. The van der Waals surface area contributed by atoms with Crippen LogP contribution in [0.15, 0.2) is 49.2 Å². The summed E-state index contributed by atoms with van der Waals surface area (Å²) >= 11 is 0. The molecule has 1 aromatic carbocycles. The molecule has 0 saturated carbocycles. The van der Waals surface area contributed by atoms with Crippen LogP contribution in [0.5, 0.6) is 0 Å². The Morgan fingerprint density at radius 3 is 2.84 bits per heavy atom. The molecule has 5 nitrogen and oxygen atoms in total. The quantitative estimate of drug-likeness (QED) is 0.777. The van der Waals surface area contributed by atoms with Crippen molar-refractivity contribution in [1.29, 1.82) is 0 Å². The number of imidazole rings is 1. The fourth-order valence-corrected chi connectivity index (χ4v) is 2.15. The summed E-state index contributed by atoms with van der Waals surface area (Å²) < 4.78 is 4.05. The van der Waals surface area contributed by atoms with Gasteiger partial charge in [0.25, 0.3) is 0 Å². The van der Waals surface area contributed by atoms with Gasteiger partial charge < -0.3 is 14.2 Å². The molecule has 0 amide bonds. The second-order valence-electron chi connectivity index (χ2n) is 4.39. The first-order chi connectivity index (χ1) is 9.24. The molecule has 0 spiro atoms. The molecule has 0 saturated heterocycles. The van der Waals surface area contributed by atoms with Crippen LogP contribution in [-0.4, -0.2) is 25.2 Å². The zero-order chi connectivity index (χ0) is 13.2. The Kier molecular flexibility index (Phi) is 2.79. The lowest BCUT2D eigenvalue weighted by molar-refractivity contribution is 0.0697. The van der Waals surface area contributed by atoms with Gasteiger partial charge in [-0.15, -0.1) is 0 Å². The second kappa shape index (κ2) is 4.61. The Morgan fingerprint density at radius 1 is 1.21 bits per heavy atom. The van der Waals surface area contributed by atoms with E-state index in [-0.39, 0.29) is 0 Å². The molecule has 96 valence electrons. The predicted molar refractivity (Wildman–Crippen MR) is 71.1 cm³/mol. The SMILES string of the molecule is O=C(O)c1ccc2ccn(CCn3ccnc3)c2c1. The van der Waals surface area contributed by atoms with E-state index in [4.69, 9.17) is 5.11 Å². The molecule has 0 aliphatic carbocycles. The van der Waals surface area contributed by atoms with Gasteiger partial charge in [-0.1, -0.05) is 6.07 Å². The number of aromatic carboxylic acids is 1. The minimum absolute atomic E-state index is 0.315. The zero-order valence-corrected chi connectivity index (χ0v) is 10.2. The average molecular weight is 255 g/mol. The highest BCUT2D eigenvalue weighted by Gasteiger charge is 2.06. The molecule has 0 atom stereocenters. The van der Waals surface area contributed by atoms with E-state index >= 15 is 0 Å². The number of carboxylic acids is 1. The van der Waals surface area contributed by atoms with Crippen molar-refractivity contribution in [2.75, 3.05) is 0 Å². The summed E-state index contributed by atoms with van der Waals surface area (Å²) in [6, 6.07) is 7.18. The summed E-state index contributed by atoms with van der Waals surface area (Å²) in [5.74, 6) is -0.899. The Hall–Kier alpha value is -2.56. The number of aryl methyl sites for hydroxylation is 2. The van der Waals surface area contributed by atoms with E-state index in [0.29, 0.717) is 5.56 Å². The number of hydrogen-bond acceptors (Lipinski definition) is 2. The Morgan fingerprint density at radius 2 is 2.11 bits per heavy atom. The van der Waals surface area contributed by atoms with Gasteiger partial charge in [-0.3, -0.25) is 0 Å². The van der Waals surface area contributed by atoms with Crippen molar-refractivity contribution in [1.82, 2.24) is 14.1 Å². The lowest BCUT2D eigenvalue weighted by Crippen LogP contribution is -2.05. The smallest absolute Gasteiger partial charge is 0.335 e. The maximum Gasteiger partial charge on any atom is 0.335 e. The van der Waals surface area contributed by atoms with Crippen molar-refractivity contribution < 1.29 is 9.90 Å². The Balaban J connectivity index is 1.90. The number of rotatable bonds is 4. The molecule has 3 rings (SSSR count). The molecule has 2 aromatic heterocycles. The molecule has 0 unspecified atom stereocenters. The van der Waals surface area contributed by atoms with Gasteiger partial charge in [0, 0.05) is 37.2 Å². The number of carboxylic acid groups (broad SMARTS) is 1. The number of nitrogens with zero attached hydrogens (tertiary/aromatic N) is 3. The number of aromatic nitrogens is 3. The summed E-state index contributed by atoms with van der Waals surface area (Å²) in [4.78, 5) is 15.0. The summed E-state index contributed by atoms with van der Waals surface area (Å²) in [6.45, 7) is 1.59. The predicted octanol–water partition coefficient (Wildman–Crippen LogP) is 2.24. The minimum atomic E-state index is -0.899. The van der Waals surface area contributed by atoms with Gasteiger partial charge in [0.15, 0.2) is 0 Å². The van der Waals surface area contributed by atoms with Crippen molar-refractivity contribution in [3.05, 3.63) is 54.7 Å². The summed E-state index contributed by atoms with van der Waals surface area (Å²) in [5.41, 5.74) is 1.26. The Labute approximate surface area is 109 Å². The van der Waals surface area contributed by atoms with Gasteiger partial charge in [0.05, 0.1) is 11.9 Å². The molecule has 1 N–H and O–H groups in total. The lowest BCUT2D eigenvalue weighted by Gasteiger charge is -2.06. The van der Waals surface area contributed by atoms with Gasteiger partial charge in [-0.25, -0.2) is 9.78 Å². The third-order valence-corrected chi connectivity index (χ3v) is 3.18. The van der Waals surface area contributed by atoms with Crippen molar-refractivity contribution in [2.45, 2.75) is 13.1 Å². The highest BCUT2D eigenvalue weighted by atomic mass is 16.4. The normalized spacial score (nSPS) is 10.9. The molecule has 2 heterocycles. The van der Waals surface area contributed by atoms with Crippen LogP contribution in [0.1, 0.15) is 10.4 Å². The van der Waals surface area contributed by atoms with E-state index in [1.807, 2.05) is 29.1 Å². The second-order valence-corrected chi connectivity index (χ2v) is 4.39. The maximum atomic E-state index is 11.0. The molecular weight excluding hydrogens is 242 g/mol. The average Bonchev–Trinajstić information content (AvgIpc) is 3.05. The van der Waals surface area contributed by atoms with E-state index < -0.39 is 5.97 Å². The summed E-state index contributed by atoms with van der Waals surface area (Å²) in [5, 5.41) is 10.1. The first-order valence-corrected chi connectivity index (χ1v) is 6.02. The fourth-order valence-electron chi connectivity index (χ4n) is 2.15. The van der Waals surface area contributed by atoms with Crippen LogP contribution >= 0.6 is 0 Å². The fraction of sp³-hybridized carbons (Fsp3) is 0.143. The number of benzene rings is 1. The molecule has 0 bridgehead atoms. The largest absolute Gasteiger partial charge is 0.478 e. The number of fused-ring (bicyclic) bond motifs is 1. The minimum Gasteiger partial charge on any atom is -0.478 e. The van der Waals surface area contributed by atoms with Crippen LogP contribution in [0.4, 0.5) is 0 Å².